The maximum absolute atomic E-state index is 13.0. The predicted octanol–water partition coefficient (Wildman–Crippen LogP) is 3.39. The van der Waals surface area contributed by atoms with Crippen LogP contribution in [0.5, 0.6) is 5.75 Å². The lowest BCUT2D eigenvalue weighted by atomic mass is 10.0. The molecule has 0 saturated carbocycles. The first kappa shape index (κ1) is 26.7. The van der Waals surface area contributed by atoms with Crippen LogP contribution in [0.1, 0.15) is 26.4 Å². The van der Waals surface area contributed by atoms with Crippen LogP contribution in [0.15, 0.2) is 68.9 Å². The van der Waals surface area contributed by atoms with Crippen LogP contribution in [-0.2, 0) is 29.0 Å². The van der Waals surface area contributed by atoms with Gasteiger partial charge in [-0.25, -0.2) is 9.59 Å². The zero-order valence-corrected chi connectivity index (χ0v) is 23.0. The molecule has 202 valence electrons. The number of thiophene rings is 1. The number of aromatic nitrogens is 2. The van der Waals surface area contributed by atoms with Crippen LogP contribution >= 0.6 is 23.1 Å². The third-order valence-corrected chi connectivity index (χ3v) is 8.47. The Morgan fingerprint density at radius 1 is 1.15 bits per heavy atom. The minimum atomic E-state index is -0.594. The molecule has 2 aromatic carbocycles. The van der Waals surface area contributed by atoms with E-state index < -0.39 is 11.6 Å². The molecule has 5 rings (SSSR count). The second-order valence-corrected chi connectivity index (χ2v) is 10.9. The number of carbonyl (C=O) groups is 2. The van der Waals surface area contributed by atoms with E-state index in [-0.39, 0.29) is 16.7 Å². The van der Waals surface area contributed by atoms with Crippen molar-refractivity contribution in [2.75, 3.05) is 31.8 Å². The fourth-order valence-corrected chi connectivity index (χ4v) is 6.49. The molecule has 2 N–H and O–H groups in total. The van der Waals surface area contributed by atoms with Crippen LogP contribution in [0.25, 0.3) is 5.69 Å². The summed E-state index contributed by atoms with van der Waals surface area (Å²) in [6, 6.07) is 17.2. The van der Waals surface area contributed by atoms with Gasteiger partial charge in [-0.15, -0.1) is 11.3 Å². The summed E-state index contributed by atoms with van der Waals surface area (Å²) in [7, 11) is 2.90. The Kier molecular flexibility index (Phi) is 8.15. The number of benzene rings is 2. The highest BCUT2D eigenvalue weighted by Crippen LogP contribution is 2.38. The van der Waals surface area contributed by atoms with Crippen LogP contribution in [0.4, 0.5) is 5.00 Å². The number of hydrogen-bond donors (Lipinski definition) is 2. The standard InChI is InChI=1S/C27H26N4O6S2/c1-35-19-10-8-18(9-11-19)31-25(27(34)37-29-31)38-16-22(32)28-24-23(26(33)36-2)20-12-13-30(15-21(20)39-24)14-17-6-4-3-5-7-17/h3-11H,12-16H2,1-2H3,(H-,28,29,32,33,34)/p+1. The van der Waals surface area contributed by atoms with E-state index in [0.717, 1.165) is 35.3 Å². The molecule has 4 aromatic rings. The molecule has 0 bridgehead atoms. The number of rotatable bonds is 9. The lowest BCUT2D eigenvalue weighted by Gasteiger charge is -2.27. The number of carbonyl (C=O) groups excluding carboxylic acids is 2. The topological polar surface area (TPSA) is 118 Å². The van der Waals surface area contributed by atoms with E-state index in [4.69, 9.17) is 14.0 Å². The number of amides is 1. The summed E-state index contributed by atoms with van der Waals surface area (Å²) in [4.78, 5) is 41.4. The average Bonchev–Trinajstić information content (AvgIpc) is 3.51. The number of fused-ring (bicyclic) bond motifs is 1. The van der Waals surface area contributed by atoms with Crippen LogP contribution in [0.2, 0.25) is 0 Å². The van der Waals surface area contributed by atoms with Gasteiger partial charge in [0.1, 0.15) is 10.8 Å². The Morgan fingerprint density at radius 2 is 1.92 bits per heavy atom. The summed E-state index contributed by atoms with van der Waals surface area (Å²) in [5, 5.41) is 6.11. The van der Waals surface area contributed by atoms with E-state index in [2.05, 4.69) is 27.6 Å². The van der Waals surface area contributed by atoms with E-state index in [0.29, 0.717) is 35.0 Å². The first-order chi connectivity index (χ1) is 19.0. The zero-order valence-electron chi connectivity index (χ0n) is 21.4. The molecule has 0 spiro atoms. The van der Waals surface area contributed by atoms with Gasteiger partial charge in [0, 0.05) is 36.6 Å². The number of thioether (sulfide) groups is 1. The monoisotopic (exact) mass is 567 g/mol. The van der Waals surface area contributed by atoms with Crippen molar-refractivity contribution in [3.8, 4) is 11.4 Å². The summed E-state index contributed by atoms with van der Waals surface area (Å²) in [5.41, 5.74) is 2.59. The van der Waals surface area contributed by atoms with Gasteiger partial charge in [0.25, 0.3) is 0 Å². The first-order valence-corrected chi connectivity index (χ1v) is 14.0. The van der Waals surface area contributed by atoms with Crippen LogP contribution in [-0.4, -0.2) is 48.6 Å². The lowest BCUT2D eigenvalue weighted by Crippen LogP contribution is -2.36. The van der Waals surface area contributed by atoms with E-state index in [1.54, 1.807) is 31.4 Å². The average molecular weight is 568 g/mol. The molecule has 2 aromatic heterocycles. The van der Waals surface area contributed by atoms with Crippen molar-refractivity contribution >= 4 is 40.0 Å². The summed E-state index contributed by atoms with van der Waals surface area (Å²) >= 11 is 2.42. The number of nitrogens with one attached hydrogen (secondary N) is 2. The van der Waals surface area contributed by atoms with Gasteiger partial charge >= 0.3 is 16.6 Å². The van der Waals surface area contributed by atoms with Gasteiger partial charge in [0.05, 0.1) is 25.5 Å². The molecule has 3 heterocycles. The zero-order chi connectivity index (χ0) is 27.4. The third kappa shape index (κ3) is 5.92. The third-order valence-electron chi connectivity index (χ3n) is 6.31. The molecular formula is C27H27N4O6S2+. The molecule has 0 fully saturated rings. The van der Waals surface area contributed by atoms with Crippen molar-refractivity contribution in [2.45, 2.75) is 24.5 Å². The molecule has 0 unspecified atom stereocenters. The first-order valence-electron chi connectivity index (χ1n) is 12.2. The SMILES string of the molecule is COC(=O)c1c(NC(=O)CSc2c(=O)o[nH][n+]2-c2ccc(OC)cc2)sc2c1CCN(Cc1ccccc1)C2. The summed E-state index contributed by atoms with van der Waals surface area (Å²) < 4.78 is 16.7. The number of nitrogens with zero attached hydrogens (tertiary/aromatic N) is 2. The second-order valence-electron chi connectivity index (χ2n) is 8.80. The van der Waals surface area contributed by atoms with Gasteiger partial charge in [0.2, 0.25) is 11.6 Å². The van der Waals surface area contributed by atoms with Gasteiger partial charge in [-0.3, -0.25) is 14.2 Å². The Bertz CT molecular complexity index is 1530. The Labute approximate surface area is 232 Å². The van der Waals surface area contributed by atoms with Crippen LogP contribution in [0, 0.1) is 0 Å². The molecule has 12 heteroatoms. The molecule has 39 heavy (non-hydrogen) atoms. The number of aromatic amines is 1. The van der Waals surface area contributed by atoms with Gasteiger partial charge in [0.15, 0.2) is 0 Å². The molecule has 0 radical (unpaired) electrons. The molecule has 0 aliphatic carbocycles. The van der Waals surface area contributed by atoms with E-state index in [1.807, 2.05) is 18.2 Å². The number of H-pyrrole nitrogens is 1. The van der Waals surface area contributed by atoms with Crippen molar-refractivity contribution in [2.24, 2.45) is 0 Å². The van der Waals surface area contributed by atoms with Crippen molar-refractivity contribution in [3.63, 3.8) is 0 Å². The minimum absolute atomic E-state index is 0.0674. The largest absolute Gasteiger partial charge is 0.497 e. The van der Waals surface area contributed by atoms with Gasteiger partial charge in [-0.2, -0.15) is 0 Å². The highest BCUT2D eigenvalue weighted by Gasteiger charge is 2.30. The van der Waals surface area contributed by atoms with Gasteiger partial charge < -0.3 is 14.8 Å². The van der Waals surface area contributed by atoms with Crippen molar-refractivity contribution in [1.29, 1.82) is 0 Å². The predicted molar refractivity (Wildman–Crippen MR) is 147 cm³/mol. The van der Waals surface area contributed by atoms with Crippen LogP contribution in [0.3, 0.4) is 0 Å². The Balaban J connectivity index is 1.30. The summed E-state index contributed by atoms with van der Waals surface area (Å²) in [6.45, 7) is 2.27. The Hall–Kier alpha value is -3.87. The minimum Gasteiger partial charge on any atom is -0.497 e. The molecule has 10 nitrogen and oxygen atoms in total. The molecular weight excluding hydrogens is 540 g/mol. The van der Waals surface area contributed by atoms with Crippen molar-refractivity contribution < 1.29 is 28.3 Å². The molecule has 1 aliphatic heterocycles. The van der Waals surface area contributed by atoms with Crippen molar-refractivity contribution in [1.82, 2.24) is 10.2 Å². The summed E-state index contributed by atoms with van der Waals surface area (Å²) in [5.74, 6) is -0.230. The molecule has 1 aliphatic rings. The van der Waals surface area contributed by atoms with E-state index >= 15 is 0 Å². The Morgan fingerprint density at radius 3 is 2.64 bits per heavy atom. The van der Waals surface area contributed by atoms with E-state index in [9.17, 15) is 14.4 Å². The number of hydrogen-bond acceptors (Lipinski definition) is 9. The fraction of sp³-hybridized carbons (Fsp3) is 0.259. The van der Waals surface area contributed by atoms with Crippen molar-refractivity contribution in [3.05, 3.63) is 86.6 Å². The highest BCUT2D eigenvalue weighted by atomic mass is 32.2. The fourth-order valence-electron chi connectivity index (χ4n) is 4.42. The maximum atomic E-state index is 13.0. The number of ether oxygens (including phenoxy) is 2. The lowest BCUT2D eigenvalue weighted by molar-refractivity contribution is -0.704. The molecule has 0 saturated heterocycles. The highest BCUT2D eigenvalue weighted by molar-refractivity contribution is 7.99. The summed E-state index contributed by atoms with van der Waals surface area (Å²) in [6.07, 6.45) is 0.681. The second kappa shape index (κ2) is 11.9. The van der Waals surface area contributed by atoms with E-state index in [1.165, 1.54) is 28.7 Å². The normalized spacial score (nSPS) is 13.1. The van der Waals surface area contributed by atoms with Gasteiger partial charge in [-0.1, -0.05) is 30.3 Å². The smallest absolute Gasteiger partial charge is 0.442 e. The molecule has 0 atom stereocenters. The van der Waals surface area contributed by atoms with Gasteiger partial charge in [-0.05, 0) is 51.4 Å². The quantitative estimate of drug-likeness (QED) is 0.180. The number of esters is 1. The number of methoxy groups -OCH3 is 2. The van der Waals surface area contributed by atoms with Crippen LogP contribution < -0.4 is 20.4 Å². The molecule has 1 amide bonds. The number of anilines is 1. The maximum Gasteiger partial charge on any atom is 0.442 e.